The van der Waals surface area contributed by atoms with Gasteiger partial charge < -0.3 is 28.4 Å². The van der Waals surface area contributed by atoms with Crippen molar-refractivity contribution in [1.29, 1.82) is 0 Å². The van der Waals surface area contributed by atoms with Gasteiger partial charge in [0.05, 0.1) is 41.7 Å². The van der Waals surface area contributed by atoms with Crippen molar-refractivity contribution >= 4 is 62.9 Å². The summed E-state index contributed by atoms with van der Waals surface area (Å²) in [6.07, 6.45) is 6.79. The van der Waals surface area contributed by atoms with Gasteiger partial charge in [0.15, 0.2) is 0 Å². The van der Waals surface area contributed by atoms with Crippen molar-refractivity contribution in [1.82, 2.24) is 19.6 Å². The fraction of sp³-hybridized carbons (Fsp3) is 0.565. The number of anilines is 2. The van der Waals surface area contributed by atoms with Crippen LogP contribution >= 0.6 is 23.2 Å². The first-order valence-electron chi connectivity index (χ1n) is 22.0. The maximum absolute atomic E-state index is 12.5. The predicted molar refractivity (Wildman–Crippen MR) is 261 cm³/mol. The first-order valence-corrected chi connectivity index (χ1v) is 30.2. The average molecular weight is 960 g/mol. The Morgan fingerprint density at radius 1 is 0.703 bits per heavy atom. The van der Waals surface area contributed by atoms with Crippen LogP contribution in [0.15, 0.2) is 48.8 Å². The maximum atomic E-state index is 12.5. The third kappa shape index (κ3) is 17.7. The van der Waals surface area contributed by atoms with E-state index in [-0.39, 0.29) is 25.7 Å². The van der Waals surface area contributed by atoms with Crippen molar-refractivity contribution < 1.29 is 38.0 Å². The molecule has 0 spiro atoms. The number of benzene rings is 2. The Kier molecular flexibility index (Phi) is 17.1. The van der Waals surface area contributed by atoms with Crippen LogP contribution in [-0.4, -0.2) is 84.5 Å². The zero-order chi connectivity index (χ0) is 47.0. The fourth-order valence-corrected chi connectivity index (χ4v) is 7.70. The Bertz CT molecular complexity index is 2170. The van der Waals surface area contributed by atoms with Gasteiger partial charge in [-0.3, -0.25) is 10.6 Å². The summed E-state index contributed by atoms with van der Waals surface area (Å²) in [6.45, 7) is 26.7. The van der Waals surface area contributed by atoms with Crippen LogP contribution in [-0.2, 0) is 32.4 Å². The molecule has 4 aromatic rings. The summed E-state index contributed by atoms with van der Waals surface area (Å²) in [5, 5.41) is 15.9. The van der Waals surface area contributed by atoms with Crippen LogP contribution in [0.2, 0.25) is 61.4 Å². The van der Waals surface area contributed by atoms with Gasteiger partial charge in [0.1, 0.15) is 41.9 Å². The summed E-state index contributed by atoms with van der Waals surface area (Å²) in [6, 6.07) is 13.0. The second kappa shape index (κ2) is 21.5. The van der Waals surface area contributed by atoms with E-state index >= 15 is 0 Å². The molecule has 2 aromatic carbocycles. The summed E-state index contributed by atoms with van der Waals surface area (Å²) >= 11 is 12.6. The number of amides is 2. The number of nitrogens with zero attached hydrogens (tertiary/aromatic N) is 4. The number of hydrogen-bond acceptors (Lipinski definition) is 10. The third-order valence-electron chi connectivity index (χ3n) is 9.33. The fourth-order valence-electron chi connectivity index (χ4n) is 5.84. The topological polar surface area (TPSA) is 149 Å². The van der Waals surface area contributed by atoms with Crippen LogP contribution in [0, 0.1) is 0 Å². The molecule has 6 rings (SSSR count). The molecule has 2 amide bonds. The molecule has 14 nitrogen and oxygen atoms in total. The second-order valence-electron chi connectivity index (χ2n) is 20.7. The van der Waals surface area contributed by atoms with E-state index in [9.17, 15) is 9.59 Å². The van der Waals surface area contributed by atoms with E-state index in [1.165, 1.54) is 0 Å². The number of aromatic nitrogens is 4. The van der Waals surface area contributed by atoms with Crippen LogP contribution in [0.25, 0.3) is 22.5 Å². The number of carbonyl (C=O) groups is 2. The summed E-state index contributed by atoms with van der Waals surface area (Å²) in [5.74, 6) is 1.39. The lowest BCUT2D eigenvalue weighted by Gasteiger charge is -2.20. The maximum Gasteiger partial charge on any atom is 0.412 e. The minimum Gasteiger partial charge on any atom is -0.490 e. The zero-order valence-corrected chi connectivity index (χ0v) is 43.2. The molecule has 18 heteroatoms. The van der Waals surface area contributed by atoms with E-state index in [1.54, 1.807) is 40.0 Å². The number of carbonyl (C=O) groups excluding carboxylic acids is 2. The van der Waals surface area contributed by atoms with E-state index in [2.05, 4.69) is 60.1 Å². The molecule has 2 aliphatic carbocycles. The molecule has 2 heterocycles. The highest BCUT2D eigenvalue weighted by atomic mass is 35.5. The van der Waals surface area contributed by atoms with Crippen LogP contribution < -0.4 is 20.1 Å². The van der Waals surface area contributed by atoms with Gasteiger partial charge in [0.2, 0.25) is 0 Å². The van der Waals surface area contributed by atoms with Gasteiger partial charge >= 0.3 is 12.2 Å². The first kappa shape index (κ1) is 50.9. The molecule has 0 saturated heterocycles. The Morgan fingerprint density at radius 3 is 1.66 bits per heavy atom. The quantitative estimate of drug-likeness (QED) is 0.0729. The molecule has 0 bridgehead atoms. The number of hydrogen-bond donors (Lipinski definition) is 2. The average Bonchev–Trinajstić information content (AvgIpc) is 4.08. The van der Waals surface area contributed by atoms with Crippen molar-refractivity contribution in [3.05, 3.63) is 58.8 Å². The molecule has 2 aliphatic rings. The second-order valence-corrected chi connectivity index (χ2v) is 32.8. The molecular weight excluding hydrogens is 892 g/mol. The van der Waals surface area contributed by atoms with Gasteiger partial charge in [-0.1, -0.05) is 62.5 Å². The lowest BCUT2D eigenvalue weighted by Crippen LogP contribution is -2.27. The normalized spacial score (nSPS) is 14.3. The third-order valence-corrected chi connectivity index (χ3v) is 13.2. The molecule has 2 N–H and O–H groups in total. The largest absolute Gasteiger partial charge is 0.490 e. The zero-order valence-electron chi connectivity index (χ0n) is 39.7. The van der Waals surface area contributed by atoms with Crippen LogP contribution in [0.4, 0.5) is 21.0 Å². The van der Waals surface area contributed by atoms with E-state index in [4.69, 9.17) is 51.6 Å². The number of halogens is 2. The van der Waals surface area contributed by atoms with Crippen molar-refractivity contribution in [2.75, 3.05) is 23.8 Å². The molecule has 0 unspecified atom stereocenters. The minimum absolute atomic E-state index is 0.210. The highest BCUT2D eigenvalue weighted by Gasteiger charge is 2.29. The van der Waals surface area contributed by atoms with Gasteiger partial charge in [0.25, 0.3) is 0 Å². The van der Waals surface area contributed by atoms with Gasteiger partial charge in [-0.15, -0.1) is 0 Å². The van der Waals surface area contributed by atoms with E-state index in [0.29, 0.717) is 57.5 Å². The molecule has 0 atom stereocenters. The Balaban J connectivity index is 0.000000241. The Morgan fingerprint density at radius 2 is 1.17 bits per heavy atom. The van der Waals surface area contributed by atoms with E-state index < -0.39 is 39.5 Å². The molecule has 0 aliphatic heterocycles. The number of nitrogens with one attached hydrogen (secondary N) is 2. The van der Waals surface area contributed by atoms with Crippen molar-refractivity contribution in [3.63, 3.8) is 0 Å². The summed E-state index contributed by atoms with van der Waals surface area (Å²) in [7, 11) is -2.39. The lowest BCUT2D eigenvalue weighted by molar-refractivity contribution is 0.0624. The van der Waals surface area contributed by atoms with Crippen LogP contribution in [0.5, 0.6) is 11.5 Å². The highest BCUT2D eigenvalue weighted by Crippen LogP contribution is 2.41. The SMILES string of the molecule is CC(C)(C)OC(=O)Nc1cn(COCC[Si](C)(C)C)nc1-c1cc(Cl)ccc1OC1CC1.CC(C)(C)OC(=O)Nc1cnn(COCC[Si](C)(C)C)c1-c1cc(Cl)ccc1OC1CC1. The van der Waals surface area contributed by atoms with Gasteiger partial charge in [0, 0.05) is 50.5 Å². The van der Waals surface area contributed by atoms with Crippen LogP contribution in [0.1, 0.15) is 67.2 Å². The van der Waals surface area contributed by atoms with E-state index in [0.717, 1.165) is 48.9 Å². The standard InChI is InChI=1S/2C23H34ClN3O4Si/c1-23(2,3)31-22(28)25-19-14-27(15-29-11-12-32(4,5)6)26-21(19)18-13-16(24)7-10-20(18)30-17-8-9-17;1-23(2,3)31-22(28)26-19-14-25-27(15-29-11-12-32(4,5)6)21(19)18-13-16(24)7-10-20(18)30-17-8-9-17/h7,10,13-14,17H,8-9,11-12,15H2,1-6H3,(H,25,28);7,10,13-14,17H,8-9,11-12,15H2,1-6H3,(H,26,28). The monoisotopic (exact) mass is 958 g/mol. The Hall–Kier alpha value is -4.07. The minimum atomic E-state index is -1.21. The molecule has 2 fully saturated rings. The number of ether oxygens (including phenoxy) is 6. The molecular formula is C46H68Cl2N6O8Si2. The smallest absolute Gasteiger partial charge is 0.412 e. The molecule has 64 heavy (non-hydrogen) atoms. The van der Waals surface area contributed by atoms with Gasteiger partial charge in [-0.25, -0.2) is 19.0 Å². The summed E-state index contributed by atoms with van der Waals surface area (Å²) < 4.78 is 38.3. The van der Waals surface area contributed by atoms with Crippen molar-refractivity contribution in [3.8, 4) is 34.0 Å². The molecule has 0 radical (unpaired) electrons. The van der Waals surface area contributed by atoms with Gasteiger partial charge in [-0.2, -0.15) is 10.2 Å². The summed E-state index contributed by atoms with van der Waals surface area (Å²) in [5.41, 5.74) is 2.49. The molecule has 2 saturated carbocycles. The molecule has 2 aromatic heterocycles. The Labute approximate surface area is 391 Å². The first-order chi connectivity index (χ1) is 29.8. The van der Waals surface area contributed by atoms with Crippen molar-refractivity contribution in [2.45, 2.75) is 155 Å². The van der Waals surface area contributed by atoms with Crippen LogP contribution in [0.3, 0.4) is 0 Å². The summed E-state index contributed by atoms with van der Waals surface area (Å²) in [4.78, 5) is 25.0. The van der Waals surface area contributed by atoms with Crippen molar-refractivity contribution in [2.24, 2.45) is 0 Å². The lowest BCUT2D eigenvalue weighted by atomic mass is 10.1. The highest BCUT2D eigenvalue weighted by molar-refractivity contribution is 6.76. The predicted octanol–water partition coefficient (Wildman–Crippen LogP) is 12.8. The number of rotatable bonds is 18. The van der Waals surface area contributed by atoms with Gasteiger partial charge in [-0.05, 0) is 116 Å². The van der Waals surface area contributed by atoms with E-state index in [1.807, 2.05) is 59.7 Å². The molecule has 352 valence electrons.